The van der Waals surface area contributed by atoms with Gasteiger partial charge in [-0.1, -0.05) is 26.5 Å². The Labute approximate surface area is 159 Å². The van der Waals surface area contributed by atoms with Gasteiger partial charge in [0, 0.05) is 24.2 Å². The molecule has 1 aliphatic carbocycles. The van der Waals surface area contributed by atoms with Gasteiger partial charge in [-0.05, 0) is 25.2 Å². The molecule has 0 saturated carbocycles. The van der Waals surface area contributed by atoms with Crippen LogP contribution in [0.3, 0.4) is 0 Å². The van der Waals surface area contributed by atoms with Crippen LogP contribution in [0.1, 0.15) is 39.5 Å². The largest absolute Gasteiger partial charge is 0.466 e. The standard InChI is InChI=1S/C20H28O7/c1-11(2)18(22)26-16-9-14(20(24)25-4)7-5-6-13(10-21)8-15-17(16)12(3)19(23)27-15/h7,11,13,15-17,21H,3,5-6,8-10H2,1-2,4H3/b14-7+/t13-,15-,16-,17-/m1/s1. The summed E-state index contributed by atoms with van der Waals surface area (Å²) in [7, 11) is 1.29. The Hall–Kier alpha value is -2.15. The zero-order valence-corrected chi connectivity index (χ0v) is 16.1. The summed E-state index contributed by atoms with van der Waals surface area (Å²) in [6, 6.07) is 0. The van der Waals surface area contributed by atoms with Crippen molar-refractivity contribution in [2.75, 3.05) is 13.7 Å². The lowest BCUT2D eigenvalue weighted by Gasteiger charge is -2.30. The van der Waals surface area contributed by atoms with Gasteiger partial charge in [0.05, 0.1) is 18.9 Å². The minimum Gasteiger partial charge on any atom is -0.466 e. The monoisotopic (exact) mass is 380 g/mol. The summed E-state index contributed by atoms with van der Waals surface area (Å²) >= 11 is 0. The fourth-order valence-electron chi connectivity index (χ4n) is 3.54. The number of methoxy groups -OCH3 is 1. The van der Waals surface area contributed by atoms with Gasteiger partial charge >= 0.3 is 17.9 Å². The summed E-state index contributed by atoms with van der Waals surface area (Å²) in [5, 5.41) is 9.67. The number of carbonyl (C=O) groups excluding carboxylic acids is 3. The van der Waals surface area contributed by atoms with Crippen LogP contribution in [0, 0.1) is 17.8 Å². The summed E-state index contributed by atoms with van der Waals surface area (Å²) in [5.74, 6) is -2.50. The molecule has 7 nitrogen and oxygen atoms in total. The third-order valence-corrected chi connectivity index (χ3v) is 5.12. The highest BCUT2D eigenvalue weighted by molar-refractivity contribution is 5.91. The number of hydrogen-bond donors (Lipinski definition) is 1. The molecule has 2 aliphatic rings. The van der Waals surface area contributed by atoms with Crippen molar-refractivity contribution in [3.05, 3.63) is 23.8 Å². The van der Waals surface area contributed by atoms with E-state index in [0.717, 1.165) is 0 Å². The van der Waals surface area contributed by atoms with Gasteiger partial charge < -0.3 is 19.3 Å². The van der Waals surface area contributed by atoms with Crippen LogP contribution in [-0.2, 0) is 28.6 Å². The van der Waals surface area contributed by atoms with Gasteiger partial charge in [-0.25, -0.2) is 9.59 Å². The molecule has 0 aromatic heterocycles. The van der Waals surface area contributed by atoms with Gasteiger partial charge in [0.2, 0.25) is 0 Å². The van der Waals surface area contributed by atoms with E-state index in [0.29, 0.717) is 24.8 Å². The van der Waals surface area contributed by atoms with Gasteiger partial charge in [-0.2, -0.15) is 0 Å². The van der Waals surface area contributed by atoms with Crippen molar-refractivity contribution in [1.29, 1.82) is 0 Å². The minimum atomic E-state index is -0.772. The van der Waals surface area contributed by atoms with Gasteiger partial charge in [-0.3, -0.25) is 4.79 Å². The summed E-state index contributed by atoms with van der Waals surface area (Å²) in [5.41, 5.74) is 0.603. The number of fused-ring (bicyclic) bond motifs is 1. The highest BCUT2D eigenvalue weighted by atomic mass is 16.6. The zero-order chi connectivity index (χ0) is 20.1. The molecule has 4 atom stereocenters. The average molecular weight is 380 g/mol. The lowest BCUT2D eigenvalue weighted by atomic mass is 9.81. The van der Waals surface area contributed by atoms with E-state index in [2.05, 4.69) is 6.58 Å². The van der Waals surface area contributed by atoms with Crippen LogP contribution in [-0.4, -0.2) is 48.9 Å². The quantitative estimate of drug-likeness (QED) is 0.452. The molecule has 0 bridgehead atoms. The Bertz CT molecular complexity index is 634. The van der Waals surface area contributed by atoms with Crippen molar-refractivity contribution in [2.45, 2.75) is 51.7 Å². The Kier molecular flexibility index (Phi) is 7.18. The molecule has 1 saturated heterocycles. The molecule has 0 amide bonds. The second-order valence-corrected chi connectivity index (χ2v) is 7.41. The topological polar surface area (TPSA) is 99.1 Å². The molecule has 2 rings (SSSR count). The molecule has 150 valence electrons. The summed E-state index contributed by atoms with van der Waals surface area (Å²) in [6.45, 7) is 7.19. The van der Waals surface area contributed by atoms with Crippen molar-refractivity contribution < 1.29 is 33.7 Å². The number of ether oxygens (including phenoxy) is 3. The molecule has 7 heteroatoms. The first-order chi connectivity index (χ1) is 12.8. The van der Waals surface area contributed by atoms with Crippen molar-refractivity contribution in [3.8, 4) is 0 Å². The Morgan fingerprint density at radius 2 is 2.11 bits per heavy atom. The molecule has 1 aliphatic heterocycles. The maximum absolute atomic E-state index is 12.3. The van der Waals surface area contributed by atoms with Crippen LogP contribution in [0.15, 0.2) is 23.8 Å². The number of carbonyl (C=O) groups is 3. The molecular formula is C20H28O7. The molecule has 0 spiro atoms. The molecule has 1 heterocycles. The number of esters is 3. The number of rotatable bonds is 4. The predicted octanol–water partition coefficient (Wildman–Crippen LogP) is 1.93. The average Bonchev–Trinajstić information content (AvgIpc) is 2.91. The summed E-state index contributed by atoms with van der Waals surface area (Å²) < 4.78 is 16.0. The normalized spacial score (nSPS) is 30.8. The van der Waals surface area contributed by atoms with Crippen LogP contribution in [0.5, 0.6) is 0 Å². The Morgan fingerprint density at radius 3 is 2.70 bits per heavy atom. The van der Waals surface area contributed by atoms with Crippen molar-refractivity contribution >= 4 is 17.9 Å². The van der Waals surface area contributed by atoms with E-state index in [-0.39, 0.29) is 30.4 Å². The van der Waals surface area contributed by atoms with Crippen LogP contribution in [0.2, 0.25) is 0 Å². The molecule has 0 aromatic rings. The lowest BCUT2D eigenvalue weighted by molar-refractivity contribution is -0.157. The molecule has 0 aromatic carbocycles. The van der Waals surface area contributed by atoms with E-state index < -0.39 is 36.0 Å². The SMILES string of the molecule is C=C1C(=O)O[C@@H]2C[C@H](CO)CC/C=C(/C(=O)OC)C[C@@H](OC(=O)C(C)C)[C@H]12. The first-order valence-corrected chi connectivity index (χ1v) is 9.26. The Morgan fingerprint density at radius 1 is 1.41 bits per heavy atom. The van der Waals surface area contributed by atoms with Crippen LogP contribution >= 0.6 is 0 Å². The van der Waals surface area contributed by atoms with Crippen LogP contribution in [0.4, 0.5) is 0 Å². The number of allylic oxidation sites excluding steroid dienone is 1. The van der Waals surface area contributed by atoms with E-state index in [1.165, 1.54) is 7.11 Å². The fraction of sp³-hybridized carbons (Fsp3) is 0.650. The molecule has 0 radical (unpaired) electrons. The maximum Gasteiger partial charge on any atom is 0.334 e. The van der Waals surface area contributed by atoms with E-state index in [4.69, 9.17) is 14.2 Å². The maximum atomic E-state index is 12.3. The van der Waals surface area contributed by atoms with Gasteiger partial charge in [0.1, 0.15) is 12.2 Å². The van der Waals surface area contributed by atoms with E-state index >= 15 is 0 Å². The van der Waals surface area contributed by atoms with Crippen molar-refractivity contribution in [3.63, 3.8) is 0 Å². The second-order valence-electron chi connectivity index (χ2n) is 7.41. The highest BCUT2D eigenvalue weighted by Crippen LogP contribution is 2.38. The van der Waals surface area contributed by atoms with Gasteiger partial charge in [0.25, 0.3) is 0 Å². The van der Waals surface area contributed by atoms with Crippen LogP contribution < -0.4 is 0 Å². The van der Waals surface area contributed by atoms with E-state index in [1.807, 2.05) is 0 Å². The van der Waals surface area contributed by atoms with Gasteiger partial charge in [-0.15, -0.1) is 0 Å². The first kappa shape index (κ1) is 21.2. The molecular weight excluding hydrogens is 352 g/mol. The smallest absolute Gasteiger partial charge is 0.334 e. The predicted molar refractivity (Wildman–Crippen MR) is 96.4 cm³/mol. The zero-order valence-electron chi connectivity index (χ0n) is 16.1. The third kappa shape index (κ3) is 4.97. The summed E-state index contributed by atoms with van der Waals surface area (Å²) in [6.07, 6.45) is 2.20. The van der Waals surface area contributed by atoms with Crippen LogP contribution in [0.25, 0.3) is 0 Å². The van der Waals surface area contributed by atoms with Crippen molar-refractivity contribution in [1.82, 2.24) is 0 Å². The fourth-order valence-corrected chi connectivity index (χ4v) is 3.54. The Balaban J connectivity index is 2.42. The minimum absolute atomic E-state index is 0.0644. The number of aliphatic hydroxyl groups is 1. The van der Waals surface area contributed by atoms with Crippen molar-refractivity contribution in [2.24, 2.45) is 17.8 Å². The summed E-state index contributed by atoms with van der Waals surface area (Å²) in [4.78, 5) is 36.6. The van der Waals surface area contributed by atoms with E-state index in [9.17, 15) is 19.5 Å². The van der Waals surface area contributed by atoms with E-state index in [1.54, 1.807) is 19.9 Å². The lowest BCUT2D eigenvalue weighted by Crippen LogP contribution is -2.37. The molecule has 27 heavy (non-hydrogen) atoms. The third-order valence-electron chi connectivity index (χ3n) is 5.12. The first-order valence-electron chi connectivity index (χ1n) is 9.26. The molecule has 0 unspecified atom stereocenters. The molecule has 1 N–H and O–H groups in total. The number of aliphatic hydroxyl groups excluding tert-OH is 1. The number of hydrogen-bond acceptors (Lipinski definition) is 7. The second kappa shape index (κ2) is 9.17. The molecule has 1 fully saturated rings. The highest BCUT2D eigenvalue weighted by Gasteiger charge is 2.46. The van der Waals surface area contributed by atoms with Gasteiger partial charge in [0.15, 0.2) is 0 Å².